The van der Waals surface area contributed by atoms with Crippen molar-refractivity contribution in [3.63, 3.8) is 0 Å². The van der Waals surface area contributed by atoms with E-state index in [1.807, 2.05) is 43.3 Å². The Bertz CT molecular complexity index is 1170. The van der Waals surface area contributed by atoms with Crippen molar-refractivity contribution in [3.05, 3.63) is 69.3 Å². The number of H-pyrrole nitrogens is 1. The molecule has 0 unspecified atom stereocenters. The molecule has 3 aromatic rings. The van der Waals surface area contributed by atoms with Crippen LogP contribution in [0.5, 0.6) is 0 Å². The SMILES string of the molecule is CCCCN1C(=O)[C@@H]2Cc3c([nH]c4ccccc34)[C@@H](c3cccc(Cl)c3Cl)N2C1=O. The number of aromatic amines is 1. The lowest BCUT2D eigenvalue weighted by Crippen LogP contribution is -2.44. The second-order valence-electron chi connectivity index (χ2n) is 7.86. The number of amides is 3. The highest BCUT2D eigenvalue weighted by molar-refractivity contribution is 6.42. The molecule has 5 rings (SSSR count). The number of rotatable bonds is 4. The molecular formula is C23H21Cl2N3O2. The fourth-order valence-electron chi connectivity index (χ4n) is 4.71. The number of hydrogen-bond acceptors (Lipinski definition) is 2. The Labute approximate surface area is 184 Å². The highest BCUT2D eigenvalue weighted by Crippen LogP contribution is 2.46. The van der Waals surface area contributed by atoms with Crippen LogP contribution in [0.25, 0.3) is 10.9 Å². The zero-order valence-corrected chi connectivity index (χ0v) is 18.0. The van der Waals surface area contributed by atoms with Gasteiger partial charge in [-0.25, -0.2) is 4.79 Å². The van der Waals surface area contributed by atoms with Gasteiger partial charge in [-0.3, -0.25) is 14.6 Å². The van der Waals surface area contributed by atoms with E-state index >= 15 is 0 Å². The first-order valence-corrected chi connectivity index (χ1v) is 11.0. The Kier molecular flexibility index (Phi) is 4.75. The number of nitrogens with one attached hydrogen (secondary N) is 1. The van der Waals surface area contributed by atoms with Crippen LogP contribution in [0.4, 0.5) is 4.79 Å². The van der Waals surface area contributed by atoms with Crippen LogP contribution in [0.3, 0.4) is 0 Å². The topological polar surface area (TPSA) is 56.4 Å². The molecule has 2 aromatic carbocycles. The smallest absolute Gasteiger partial charge is 0.328 e. The minimum Gasteiger partial charge on any atom is -0.356 e. The number of hydrogen-bond donors (Lipinski definition) is 1. The third kappa shape index (κ3) is 2.76. The summed E-state index contributed by atoms with van der Waals surface area (Å²) in [6.07, 6.45) is 2.19. The highest BCUT2D eigenvalue weighted by Gasteiger charge is 2.52. The van der Waals surface area contributed by atoms with E-state index in [4.69, 9.17) is 23.2 Å². The monoisotopic (exact) mass is 441 g/mol. The first-order chi connectivity index (χ1) is 14.5. The van der Waals surface area contributed by atoms with E-state index in [1.54, 1.807) is 11.0 Å². The van der Waals surface area contributed by atoms with Crippen LogP contribution >= 0.6 is 23.2 Å². The highest BCUT2D eigenvalue weighted by atomic mass is 35.5. The summed E-state index contributed by atoms with van der Waals surface area (Å²) in [5.74, 6) is -0.132. The van der Waals surface area contributed by atoms with Gasteiger partial charge in [0.1, 0.15) is 12.1 Å². The maximum absolute atomic E-state index is 13.4. The van der Waals surface area contributed by atoms with Crippen LogP contribution in [0.15, 0.2) is 42.5 Å². The van der Waals surface area contributed by atoms with Gasteiger partial charge >= 0.3 is 6.03 Å². The predicted octanol–water partition coefficient (Wildman–Crippen LogP) is 5.55. The molecule has 2 atom stereocenters. The average Bonchev–Trinajstić information content (AvgIpc) is 3.23. The van der Waals surface area contributed by atoms with Crippen molar-refractivity contribution in [1.82, 2.24) is 14.8 Å². The molecule has 0 bridgehead atoms. The van der Waals surface area contributed by atoms with Crippen molar-refractivity contribution < 1.29 is 9.59 Å². The molecule has 7 heteroatoms. The van der Waals surface area contributed by atoms with E-state index in [1.165, 1.54) is 4.90 Å². The quantitative estimate of drug-likeness (QED) is 0.539. The van der Waals surface area contributed by atoms with Crippen LogP contribution in [0, 0.1) is 0 Å². The maximum atomic E-state index is 13.4. The molecule has 2 aliphatic heterocycles. The van der Waals surface area contributed by atoms with Crippen molar-refractivity contribution in [1.29, 1.82) is 0 Å². The van der Waals surface area contributed by atoms with E-state index in [-0.39, 0.29) is 11.9 Å². The summed E-state index contributed by atoms with van der Waals surface area (Å²) in [5, 5.41) is 1.90. The minimum absolute atomic E-state index is 0.132. The summed E-state index contributed by atoms with van der Waals surface area (Å²) < 4.78 is 0. The number of carbonyl (C=O) groups excluding carboxylic acids is 2. The predicted molar refractivity (Wildman–Crippen MR) is 118 cm³/mol. The summed E-state index contributed by atoms with van der Waals surface area (Å²) >= 11 is 12.9. The molecule has 30 heavy (non-hydrogen) atoms. The van der Waals surface area contributed by atoms with Crippen LogP contribution in [-0.4, -0.2) is 39.3 Å². The van der Waals surface area contributed by atoms with Crippen molar-refractivity contribution in [3.8, 4) is 0 Å². The van der Waals surface area contributed by atoms with Gasteiger partial charge in [0.25, 0.3) is 5.91 Å². The molecule has 0 aliphatic carbocycles. The molecule has 2 aliphatic rings. The molecule has 1 fully saturated rings. The van der Waals surface area contributed by atoms with Gasteiger partial charge in [-0.2, -0.15) is 0 Å². The minimum atomic E-state index is -0.541. The van der Waals surface area contributed by atoms with Gasteiger partial charge < -0.3 is 4.98 Å². The van der Waals surface area contributed by atoms with Crippen LogP contribution in [0.1, 0.15) is 42.6 Å². The number of imide groups is 1. The van der Waals surface area contributed by atoms with E-state index in [0.717, 1.165) is 40.6 Å². The number of carbonyl (C=O) groups is 2. The second-order valence-corrected chi connectivity index (χ2v) is 8.65. The Morgan fingerprint density at radius 2 is 1.90 bits per heavy atom. The van der Waals surface area contributed by atoms with E-state index in [2.05, 4.69) is 4.98 Å². The van der Waals surface area contributed by atoms with Gasteiger partial charge in [0, 0.05) is 35.1 Å². The fourth-order valence-corrected chi connectivity index (χ4v) is 5.12. The van der Waals surface area contributed by atoms with E-state index in [9.17, 15) is 9.59 Å². The number of para-hydroxylation sites is 1. The molecule has 0 saturated carbocycles. The van der Waals surface area contributed by atoms with Gasteiger partial charge in [0.15, 0.2) is 0 Å². The summed E-state index contributed by atoms with van der Waals surface area (Å²) in [6.45, 7) is 2.48. The molecule has 1 N–H and O–H groups in total. The van der Waals surface area contributed by atoms with Crippen LogP contribution in [0.2, 0.25) is 10.0 Å². The van der Waals surface area contributed by atoms with E-state index < -0.39 is 12.1 Å². The van der Waals surface area contributed by atoms with Crippen molar-refractivity contribution in [2.45, 2.75) is 38.3 Å². The standard InChI is InChI=1S/C23H21Cl2N3O2/c1-2-3-11-27-22(29)18-12-15-13-7-4-5-10-17(13)26-20(15)21(28(18)23(27)30)14-8-6-9-16(24)19(14)25/h4-10,18,21,26H,2-3,11-12H2,1H3/t18-,21+/m0/s1. The zero-order valence-electron chi connectivity index (χ0n) is 16.5. The third-order valence-corrected chi connectivity index (χ3v) is 6.98. The summed E-state index contributed by atoms with van der Waals surface area (Å²) in [5.41, 5.74) is 3.66. The lowest BCUT2D eigenvalue weighted by molar-refractivity contribution is -0.128. The number of aromatic nitrogens is 1. The molecule has 3 heterocycles. The lowest BCUT2D eigenvalue weighted by Gasteiger charge is -2.36. The van der Waals surface area contributed by atoms with E-state index in [0.29, 0.717) is 23.0 Å². The zero-order chi connectivity index (χ0) is 21.0. The number of fused-ring (bicyclic) bond motifs is 4. The van der Waals surface area contributed by atoms with Gasteiger partial charge in [-0.1, -0.05) is 66.9 Å². The Morgan fingerprint density at radius 3 is 2.70 bits per heavy atom. The number of nitrogens with zero attached hydrogens (tertiary/aromatic N) is 2. The molecule has 0 radical (unpaired) electrons. The Hall–Kier alpha value is -2.50. The first-order valence-electron chi connectivity index (χ1n) is 10.2. The summed E-state index contributed by atoms with van der Waals surface area (Å²) in [7, 11) is 0. The fraction of sp³-hybridized carbons (Fsp3) is 0.304. The van der Waals surface area contributed by atoms with Gasteiger partial charge in [0.2, 0.25) is 0 Å². The van der Waals surface area contributed by atoms with Crippen LogP contribution in [-0.2, 0) is 11.2 Å². The Balaban J connectivity index is 1.72. The third-order valence-electron chi connectivity index (χ3n) is 6.15. The van der Waals surface area contributed by atoms with Gasteiger partial charge in [-0.05, 0) is 24.1 Å². The molecule has 5 nitrogen and oxygen atoms in total. The molecule has 0 spiro atoms. The number of unbranched alkanes of at least 4 members (excludes halogenated alkanes) is 1. The van der Waals surface area contributed by atoms with Crippen molar-refractivity contribution in [2.75, 3.05) is 6.54 Å². The lowest BCUT2D eigenvalue weighted by atomic mass is 9.89. The average molecular weight is 442 g/mol. The van der Waals surface area contributed by atoms with Crippen molar-refractivity contribution >= 4 is 46.0 Å². The molecule has 1 saturated heterocycles. The number of urea groups is 1. The summed E-state index contributed by atoms with van der Waals surface area (Å²) in [4.78, 5) is 33.2. The van der Waals surface area contributed by atoms with Gasteiger partial charge in [0.05, 0.1) is 10.0 Å². The normalized spacial score (nSPS) is 20.8. The van der Waals surface area contributed by atoms with Crippen LogP contribution < -0.4 is 0 Å². The molecule has 3 amide bonds. The number of benzene rings is 2. The van der Waals surface area contributed by atoms with Crippen molar-refractivity contribution in [2.24, 2.45) is 0 Å². The number of halogens is 2. The molecule has 154 valence electrons. The second kappa shape index (κ2) is 7.33. The first kappa shape index (κ1) is 19.5. The van der Waals surface area contributed by atoms with Gasteiger partial charge in [-0.15, -0.1) is 0 Å². The molecular weight excluding hydrogens is 421 g/mol. The Morgan fingerprint density at radius 1 is 1.10 bits per heavy atom. The molecule has 1 aromatic heterocycles. The maximum Gasteiger partial charge on any atom is 0.328 e. The largest absolute Gasteiger partial charge is 0.356 e. The summed E-state index contributed by atoms with van der Waals surface area (Å²) in [6, 6.07) is 12.1.